The van der Waals surface area contributed by atoms with Crippen LogP contribution >= 0.6 is 22.6 Å². The molecule has 0 saturated carbocycles. The molecule has 0 spiro atoms. The van der Waals surface area contributed by atoms with Gasteiger partial charge in [0.2, 0.25) is 0 Å². The molecule has 1 amide bonds. The van der Waals surface area contributed by atoms with E-state index in [1.807, 2.05) is 38.1 Å². The highest BCUT2D eigenvalue weighted by atomic mass is 127. The van der Waals surface area contributed by atoms with E-state index in [4.69, 9.17) is 9.47 Å². The van der Waals surface area contributed by atoms with Gasteiger partial charge in [-0.1, -0.05) is 12.1 Å². The molecular weight excluding hydrogens is 369 g/mol. The second kappa shape index (κ2) is 10.1. The van der Waals surface area contributed by atoms with Gasteiger partial charge in [-0.15, -0.1) is 0 Å². The lowest BCUT2D eigenvalue weighted by Gasteiger charge is -2.23. The quantitative estimate of drug-likeness (QED) is 0.480. The molecule has 0 radical (unpaired) electrons. The SMILES string of the molecule is CCOCCN(CCOCC)C(=O)c1ccccc1I. The van der Waals surface area contributed by atoms with Gasteiger partial charge in [0.15, 0.2) is 0 Å². The highest BCUT2D eigenvalue weighted by molar-refractivity contribution is 14.1. The smallest absolute Gasteiger partial charge is 0.255 e. The van der Waals surface area contributed by atoms with Gasteiger partial charge in [-0.25, -0.2) is 0 Å². The van der Waals surface area contributed by atoms with Crippen LogP contribution < -0.4 is 0 Å². The molecule has 112 valence electrons. The van der Waals surface area contributed by atoms with Crippen molar-refractivity contribution in [1.29, 1.82) is 0 Å². The van der Waals surface area contributed by atoms with E-state index in [0.29, 0.717) is 39.5 Å². The van der Waals surface area contributed by atoms with E-state index in [1.54, 1.807) is 4.90 Å². The molecule has 1 aromatic carbocycles. The van der Waals surface area contributed by atoms with Crippen LogP contribution in [-0.2, 0) is 9.47 Å². The zero-order valence-electron chi connectivity index (χ0n) is 12.1. The molecule has 0 heterocycles. The molecule has 0 aromatic heterocycles. The van der Waals surface area contributed by atoms with E-state index in [-0.39, 0.29) is 5.91 Å². The molecule has 0 unspecified atom stereocenters. The maximum atomic E-state index is 12.6. The summed E-state index contributed by atoms with van der Waals surface area (Å²) in [5, 5.41) is 0. The first-order valence-electron chi connectivity index (χ1n) is 6.90. The first-order chi connectivity index (χ1) is 9.70. The fourth-order valence-corrected chi connectivity index (χ4v) is 2.38. The Hall–Kier alpha value is -0.660. The van der Waals surface area contributed by atoms with E-state index in [0.717, 1.165) is 9.13 Å². The third kappa shape index (κ3) is 5.76. The third-order valence-corrected chi connectivity index (χ3v) is 3.75. The number of halogens is 1. The largest absolute Gasteiger partial charge is 0.380 e. The first-order valence-corrected chi connectivity index (χ1v) is 7.97. The van der Waals surface area contributed by atoms with E-state index in [1.165, 1.54) is 0 Å². The Morgan fingerprint density at radius 3 is 2.15 bits per heavy atom. The highest BCUT2D eigenvalue weighted by Gasteiger charge is 2.17. The van der Waals surface area contributed by atoms with E-state index in [9.17, 15) is 4.79 Å². The number of carbonyl (C=O) groups excluding carboxylic acids is 1. The number of benzene rings is 1. The maximum absolute atomic E-state index is 12.6. The van der Waals surface area contributed by atoms with Gasteiger partial charge in [-0.3, -0.25) is 4.79 Å². The van der Waals surface area contributed by atoms with Crippen LogP contribution in [0.25, 0.3) is 0 Å². The summed E-state index contributed by atoms with van der Waals surface area (Å²) in [7, 11) is 0. The minimum atomic E-state index is 0.0365. The van der Waals surface area contributed by atoms with E-state index in [2.05, 4.69) is 22.6 Å². The van der Waals surface area contributed by atoms with Gasteiger partial charge in [0.25, 0.3) is 5.91 Å². The lowest BCUT2D eigenvalue weighted by atomic mass is 10.2. The molecule has 0 atom stereocenters. The number of amides is 1. The summed E-state index contributed by atoms with van der Waals surface area (Å²) in [6.07, 6.45) is 0. The summed E-state index contributed by atoms with van der Waals surface area (Å²) in [5.74, 6) is 0.0365. The van der Waals surface area contributed by atoms with Crippen LogP contribution in [0.5, 0.6) is 0 Å². The highest BCUT2D eigenvalue weighted by Crippen LogP contribution is 2.14. The van der Waals surface area contributed by atoms with E-state index < -0.39 is 0 Å². The molecule has 0 N–H and O–H groups in total. The van der Waals surface area contributed by atoms with Crippen molar-refractivity contribution in [2.75, 3.05) is 39.5 Å². The first kappa shape index (κ1) is 17.4. The molecular formula is C15H22INO3. The van der Waals surface area contributed by atoms with Crippen LogP contribution in [0.4, 0.5) is 0 Å². The third-order valence-electron chi connectivity index (χ3n) is 2.81. The van der Waals surface area contributed by atoms with Crippen LogP contribution in [0.1, 0.15) is 24.2 Å². The molecule has 0 bridgehead atoms. The van der Waals surface area contributed by atoms with Gasteiger partial charge in [-0.05, 0) is 48.6 Å². The van der Waals surface area contributed by atoms with Crippen molar-refractivity contribution in [3.8, 4) is 0 Å². The fraction of sp³-hybridized carbons (Fsp3) is 0.533. The predicted molar refractivity (Wildman–Crippen MR) is 88.0 cm³/mol. The van der Waals surface area contributed by atoms with Crippen molar-refractivity contribution in [1.82, 2.24) is 4.90 Å². The normalized spacial score (nSPS) is 10.6. The lowest BCUT2D eigenvalue weighted by Crippen LogP contribution is -2.37. The summed E-state index contributed by atoms with van der Waals surface area (Å²) in [6.45, 7) is 7.51. The second-order valence-electron chi connectivity index (χ2n) is 4.17. The van der Waals surface area contributed by atoms with Crippen LogP contribution in [0.3, 0.4) is 0 Å². The average molecular weight is 391 g/mol. The van der Waals surface area contributed by atoms with Crippen LogP contribution in [-0.4, -0.2) is 50.3 Å². The maximum Gasteiger partial charge on any atom is 0.255 e. The molecule has 0 aliphatic carbocycles. The van der Waals surface area contributed by atoms with Crippen molar-refractivity contribution in [3.63, 3.8) is 0 Å². The number of hydrogen-bond donors (Lipinski definition) is 0. The Bertz CT molecular complexity index is 402. The Kier molecular flexibility index (Phi) is 8.80. The zero-order valence-corrected chi connectivity index (χ0v) is 14.3. The van der Waals surface area contributed by atoms with Crippen molar-refractivity contribution in [2.45, 2.75) is 13.8 Å². The lowest BCUT2D eigenvalue weighted by molar-refractivity contribution is 0.0549. The van der Waals surface area contributed by atoms with Gasteiger partial charge >= 0.3 is 0 Å². The van der Waals surface area contributed by atoms with Crippen LogP contribution in [0.2, 0.25) is 0 Å². The fourth-order valence-electron chi connectivity index (χ4n) is 1.76. The zero-order chi connectivity index (χ0) is 14.8. The average Bonchev–Trinajstić information content (AvgIpc) is 2.46. The summed E-state index contributed by atoms with van der Waals surface area (Å²) >= 11 is 2.19. The standard InChI is InChI=1S/C15H22INO3/c1-3-19-11-9-17(10-12-20-4-2)15(18)13-7-5-6-8-14(13)16/h5-8H,3-4,9-12H2,1-2H3. The Morgan fingerprint density at radius 1 is 1.10 bits per heavy atom. The molecule has 0 saturated heterocycles. The van der Waals surface area contributed by atoms with Crippen molar-refractivity contribution in [3.05, 3.63) is 33.4 Å². The van der Waals surface area contributed by atoms with Crippen molar-refractivity contribution < 1.29 is 14.3 Å². The molecule has 0 aliphatic heterocycles. The predicted octanol–water partition coefficient (Wildman–Crippen LogP) is 2.81. The Balaban J connectivity index is 2.69. The summed E-state index contributed by atoms with van der Waals surface area (Å²) < 4.78 is 11.7. The number of ether oxygens (including phenoxy) is 2. The topological polar surface area (TPSA) is 38.8 Å². The monoisotopic (exact) mass is 391 g/mol. The number of hydrogen-bond acceptors (Lipinski definition) is 3. The summed E-state index contributed by atoms with van der Waals surface area (Å²) in [6, 6.07) is 7.62. The van der Waals surface area contributed by atoms with E-state index >= 15 is 0 Å². The molecule has 0 aliphatic rings. The number of rotatable bonds is 9. The minimum absolute atomic E-state index is 0.0365. The van der Waals surface area contributed by atoms with Gasteiger partial charge in [0.1, 0.15) is 0 Å². The number of nitrogens with zero attached hydrogens (tertiary/aromatic N) is 1. The molecule has 0 fully saturated rings. The number of carbonyl (C=O) groups is 1. The second-order valence-corrected chi connectivity index (χ2v) is 5.33. The van der Waals surface area contributed by atoms with Crippen LogP contribution in [0.15, 0.2) is 24.3 Å². The molecule has 1 rings (SSSR count). The van der Waals surface area contributed by atoms with Crippen LogP contribution in [0, 0.1) is 3.57 Å². The minimum Gasteiger partial charge on any atom is -0.380 e. The van der Waals surface area contributed by atoms with Gasteiger partial charge < -0.3 is 14.4 Å². The molecule has 20 heavy (non-hydrogen) atoms. The van der Waals surface area contributed by atoms with Gasteiger partial charge in [0, 0.05) is 29.9 Å². The summed E-state index contributed by atoms with van der Waals surface area (Å²) in [5.41, 5.74) is 0.737. The molecule has 4 nitrogen and oxygen atoms in total. The Morgan fingerprint density at radius 2 is 1.65 bits per heavy atom. The van der Waals surface area contributed by atoms with Crippen molar-refractivity contribution in [2.24, 2.45) is 0 Å². The summed E-state index contributed by atoms with van der Waals surface area (Å²) in [4.78, 5) is 14.4. The van der Waals surface area contributed by atoms with Gasteiger partial charge in [0.05, 0.1) is 18.8 Å². The van der Waals surface area contributed by atoms with Gasteiger partial charge in [-0.2, -0.15) is 0 Å². The van der Waals surface area contributed by atoms with Crippen molar-refractivity contribution >= 4 is 28.5 Å². The Labute approximate surface area is 134 Å². The molecule has 5 heteroatoms. The molecule has 1 aromatic rings.